The quantitative estimate of drug-likeness (QED) is 0.803. The smallest absolute Gasteiger partial charge is 0.315 e. The summed E-state index contributed by atoms with van der Waals surface area (Å²) in [7, 11) is -3.23. The van der Waals surface area contributed by atoms with Crippen molar-refractivity contribution in [2.75, 3.05) is 11.5 Å². The van der Waals surface area contributed by atoms with E-state index in [4.69, 9.17) is 5.73 Å². The predicted molar refractivity (Wildman–Crippen MR) is 101 cm³/mol. The van der Waals surface area contributed by atoms with Gasteiger partial charge in [0.15, 0.2) is 9.84 Å². The van der Waals surface area contributed by atoms with Crippen molar-refractivity contribution in [1.29, 1.82) is 0 Å². The van der Waals surface area contributed by atoms with Crippen LogP contribution in [0.5, 0.6) is 0 Å². The van der Waals surface area contributed by atoms with E-state index in [1.165, 1.54) is 4.90 Å². The Morgan fingerprint density at radius 1 is 1.00 bits per heavy atom. The number of hydrogen-bond donors (Lipinski definition) is 2. The van der Waals surface area contributed by atoms with Crippen molar-refractivity contribution in [2.45, 2.75) is 25.2 Å². The van der Waals surface area contributed by atoms with Gasteiger partial charge in [-0.25, -0.2) is 13.2 Å². The Hall–Kier alpha value is -2.38. The summed E-state index contributed by atoms with van der Waals surface area (Å²) in [5.41, 5.74) is 7.56. The fraction of sp³-hybridized carbons (Fsp3) is 0.316. The van der Waals surface area contributed by atoms with E-state index in [9.17, 15) is 13.2 Å². The molecule has 1 aliphatic heterocycles. The first kappa shape index (κ1) is 18.4. The van der Waals surface area contributed by atoms with Gasteiger partial charge in [0.05, 0.1) is 17.5 Å². The van der Waals surface area contributed by atoms with Crippen LogP contribution < -0.4 is 11.1 Å². The zero-order chi connectivity index (χ0) is 18.6. The van der Waals surface area contributed by atoms with Crippen LogP contribution in [0.4, 0.5) is 4.79 Å². The molecule has 0 radical (unpaired) electrons. The molecular formula is C19H23N3O3S. The summed E-state index contributed by atoms with van der Waals surface area (Å²) in [6, 6.07) is 17.7. The molecule has 1 aliphatic rings. The predicted octanol–water partition coefficient (Wildman–Crippen LogP) is 1.52. The second kappa shape index (κ2) is 7.88. The van der Waals surface area contributed by atoms with Gasteiger partial charge in [0.1, 0.15) is 0 Å². The van der Waals surface area contributed by atoms with Crippen molar-refractivity contribution in [1.82, 2.24) is 10.2 Å². The summed E-state index contributed by atoms with van der Waals surface area (Å²) in [5, 5.41) is 3.30. The number of carbonyl (C=O) groups excluding carboxylic acids is 1. The molecule has 1 fully saturated rings. The van der Waals surface area contributed by atoms with Gasteiger partial charge in [0, 0.05) is 19.1 Å². The van der Waals surface area contributed by atoms with Crippen molar-refractivity contribution in [2.24, 2.45) is 5.73 Å². The highest BCUT2D eigenvalue weighted by Crippen LogP contribution is 2.21. The maximum Gasteiger partial charge on any atom is 0.315 e. The van der Waals surface area contributed by atoms with Crippen LogP contribution in [0.25, 0.3) is 0 Å². The topological polar surface area (TPSA) is 92.5 Å². The summed E-state index contributed by atoms with van der Waals surface area (Å²) < 4.78 is 24.4. The number of amides is 2. The largest absolute Gasteiger partial charge is 0.351 e. The lowest BCUT2D eigenvalue weighted by Gasteiger charge is -2.31. The van der Waals surface area contributed by atoms with Gasteiger partial charge in [-0.3, -0.25) is 0 Å². The molecule has 1 saturated heterocycles. The van der Waals surface area contributed by atoms with Crippen molar-refractivity contribution in [3.05, 3.63) is 71.8 Å². The lowest BCUT2D eigenvalue weighted by atomic mass is 10.1. The summed E-state index contributed by atoms with van der Waals surface area (Å²) in [4.78, 5) is 13.5. The van der Waals surface area contributed by atoms with Crippen LogP contribution in [-0.2, 0) is 22.9 Å². The molecule has 0 bridgehead atoms. The molecule has 0 spiro atoms. The van der Waals surface area contributed by atoms with Crippen LogP contribution >= 0.6 is 0 Å². The van der Waals surface area contributed by atoms with E-state index in [2.05, 4.69) is 5.32 Å². The van der Waals surface area contributed by atoms with E-state index >= 15 is 0 Å². The molecule has 6 nitrogen and oxygen atoms in total. The molecule has 2 atom stereocenters. The van der Waals surface area contributed by atoms with Gasteiger partial charge in [-0.1, -0.05) is 60.7 Å². The normalized spacial score (nSPS) is 21.4. The van der Waals surface area contributed by atoms with Crippen molar-refractivity contribution in [3.8, 4) is 0 Å². The molecule has 0 aliphatic carbocycles. The number of hydrogen-bond acceptors (Lipinski definition) is 4. The Morgan fingerprint density at radius 2 is 1.58 bits per heavy atom. The zero-order valence-electron chi connectivity index (χ0n) is 14.4. The average molecular weight is 373 g/mol. The minimum atomic E-state index is -3.23. The first-order valence-electron chi connectivity index (χ1n) is 8.52. The molecule has 0 saturated carbocycles. The van der Waals surface area contributed by atoms with Gasteiger partial charge in [0.25, 0.3) is 0 Å². The maximum absolute atomic E-state index is 12.2. The number of nitrogens with zero attached hydrogens (tertiary/aromatic N) is 1. The molecule has 2 unspecified atom stereocenters. The molecule has 2 aromatic rings. The van der Waals surface area contributed by atoms with E-state index in [0.717, 1.165) is 11.1 Å². The van der Waals surface area contributed by atoms with Gasteiger partial charge in [-0.2, -0.15) is 0 Å². The number of nitrogens with one attached hydrogen (secondary N) is 1. The highest BCUT2D eigenvalue weighted by atomic mass is 32.2. The third-order valence-electron chi connectivity index (χ3n) is 4.61. The van der Waals surface area contributed by atoms with E-state index in [-0.39, 0.29) is 17.5 Å². The monoisotopic (exact) mass is 373 g/mol. The Kier molecular flexibility index (Phi) is 5.58. The second-order valence-electron chi connectivity index (χ2n) is 6.57. The fourth-order valence-corrected chi connectivity index (χ4v) is 5.27. The molecule has 3 N–H and O–H groups in total. The third-order valence-corrected chi connectivity index (χ3v) is 6.33. The minimum absolute atomic E-state index is 0.00305. The summed E-state index contributed by atoms with van der Waals surface area (Å²) in [6.07, 6.45) is 0. The summed E-state index contributed by atoms with van der Waals surface area (Å²) in [5.74, 6) is -0.0711. The molecule has 26 heavy (non-hydrogen) atoms. The van der Waals surface area contributed by atoms with Gasteiger partial charge in [-0.15, -0.1) is 0 Å². The molecule has 7 heteroatoms. The van der Waals surface area contributed by atoms with Crippen LogP contribution in [0, 0.1) is 0 Å². The second-order valence-corrected chi connectivity index (χ2v) is 8.72. The fourth-order valence-electron chi connectivity index (χ4n) is 3.31. The number of nitrogens with two attached hydrogens (primary N) is 1. The SMILES string of the molecule is NC(=O)N(Cc1ccccc1)C1CS(=O)(=O)CC1NCc1ccccc1. The summed E-state index contributed by atoms with van der Waals surface area (Å²) >= 11 is 0. The lowest BCUT2D eigenvalue weighted by Crippen LogP contribution is -2.52. The average Bonchev–Trinajstić information content (AvgIpc) is 2.94. The van der Waals surface area contributed by atoms with E-state index in [1.54, 1.807) is 0 Å². The number of benzene rings is 2. The van der Waals surface area contributed by atoms with E-state index < -0.39 is 21.9 Å². The van der Waals surface area contributed by atoms with Crippen LogP contribution in [0.2, 0.25) is 0 Å². The highest BCUT2D eigenvalue weighted by Gasteiger charge is 2.42. The van der Waals surface area contributed by atoms with Gasteiger partial charge >= 0.3 is 6.03 Å². The van der Waals surface area contributed by atoms with E-state index in [0.29, 0.717) is 13.1 Å². The van der Waals surface area contributed by atoms with Gasteiger partial charge < -0.3 is 16.0 Å². The number of rotatable bonds is 6. The third kappa shape index (κ3) is 4.62. The first-order chi connectivity index (χ1) is 12.4. The lowest BCUT2D eigenvalue weighted by molar-refractivity contribution is 0.174. The molecule has 0 aromatic heterocycles. The van der Waals surface area contributed by atoms with Crippen molar-refractivity contribution in [3.63, 3.8) is 0 Å². The zero-order valence-corrected chi connectivity index (χ0v) is 15.2. The van der Waals surface area contributed by atoms with Crippen molar-refractivity contribution >= 4 is 15.9 Å². The van der Waals surface area contributed by atoms with Crippen LogP contribution in [0.1, 0.15) is 11.1 Å². The minimum Gasteiger partial charge on any atom is -0.351 e. The summed E-state index contributed by atoms with van der Waals surface area (Å²) in [6.45, 7) is 0.829. The molecule has 138 valence electrons. The Bertz CT molecular complexity index is 841. The van der Waals surface area contributed by atoms with E-state index in [1.807, 2.05) is 60.7 Å². The standard InChI is InChI=1S/C19H23N3O3S/c20-19(23)22(12-16-9-5-2-6-10-16)18-14-26(24,25)13-17(18)21-11-15-7-3-1-4-8-15/h1-10,17-18,21H,11-14H2,(H2,20,23). The Morgan fingerprint density at radius 3 is 2.15 bits per heavy atom. The van der Waals surface area contributed by atoms with Crippen LogP contribution in [0.15, 0.2) is 60.7 Å². The maximum atomic E-state index is 12.2. The number of urea groups is 1. The number of primary amides is 1. The molecule has 3 rings (SSSR count). The number of carbonyl (C=O) groups is 1. The molecule has 2 aromatic carbocycles. The first-order valence-corrected chi connectivity index (χ1v) is 10.3. The molecule has 2 amide bonds. The Labute approximate surface area is 153 Å². The van der Waals surface area contributed by atoms with Gasteiger partial charge in [0.2, 0.25) is 0 Å². The number of sulfone groups is 1. The van der Waals surface area contributed by atoms with Crippen LogP contribution in [-0.4, -0.2) is 42.9 Å². The molecular weight excluding hydrogens is 350 g/mol. The van der Waals surface area contributed by atoms with Gasteiger partial charge in [-0.05, 0) is 11.1 Å². The Balaban J connectivity index is 1.77. The highest BCUT2D eigenvalue weighted by molar-refractivity contribution is 7.91. The molecule has 1 heterocycles. The van der Waals surface area contributed by atoms with Crippen molar-refractivity contribution < 1.29 is 13.2 Å². The van der Waals surface area contributed by atoms with Crippen LogP contribution in [0.3, 0.4) is 0 Å².